The second-order valence-corrected chi connectivity index (χ2v) is 11.3. The van der Waals surface area contributed by atoms with E-state index in [0.29, 0.717) is 46.8 Å². The molecule has 1 amide bonds. The van der Waals surface area contributed by atoms with Gasteiger partial charge in [-0.25, -0.2) is 18.7 Å². The molecule has 1 saturated heterocycles. The third-order valence-corrected chi connectivity index (χ3v) is 8.31. The maximum absolute atomic E-state index is 15.7. The molecule has 0 unspecified atom stereocenters. The lowest BCUT2D eigenvalue weighted by molar-refractivity contribution is -0.129. The number of benzene rings is 3. The molecule has 46 heavy (non-hydrogen) atoms. The van der Waals surface area contributed by atoms with Crippen LogP contribution in [0.1, 0.15) is 47.8 Å². The molecular formula is C36H31F2N5O3. The average molecular weight is 620 g/mol. The van der Waals surface area contributed by atoms with Crippen LogP contribution in [0.25, 0.3) is 28.0 Å². The molecule has 2 aromatic heterocycles. The smallest absolute Gasteiger partial charge is 0.219 e. The minimum absolute atomic E-state index is 0.0176. The van der Waals surface area contributed by atoms with Crippen molar-refractivity contribution in [2.24, 2.45) is 0 Å². The molecule has 3 heterocycles. The van der Waals surface area contributed by atoms with Gasteiger partial charge in [0.25, 0.3) is 0 Å². The van der Waals surface area contributed by atoms with Crippen LogP contribution in [-0.2, 0) is 24.4 Å². The number of pyridine rings is 1. The van der Waals surface area contributed by atoms with Crippen LogP contribution >= 0.6 is 0 Å². The summed E-state index contributed by atoms with van der Waals surface area (Å²) in [4.78, 5) is 23.5. The fraction of sp³-hybridized carbons (Fsp3) is 0.222. The Morgan fingerprint density at radius 2 is 1.87 bits per heavy atom. The van der Waals surface area contributed by atoms with Gasteiger partial charge < -0.3 is 19.3 Å². The normalized spacial score (nSPS) is 14.4. The summed E-state index contributed by atoms with van der Waals surface area (Å²) >= 11 is 0. The lowest BCUT2D eigenvalue weighted by Gasteiger charge is -2.25. The molecule has 10 heteroatoms. The molecule has 1 fully saturated rings. The van der Waals surface area contributed by atoms with Gasteiger partial charge in [-0.2, -0.15) is 5.26 Å². The Bertz CT molecular complexity index is 2020. The van der Waals surface area contributed by atoms with Gasteiger partial charge in [0.2, 0.25) is 11.8 Å². The van der Waals surface area contributed by atoms with Crippen molar-refractivity contribution in [3.05, 3.63) is 119 Å². The first kappa shape index (κ1) is 30.5. The van der Waals surface area contributed by atoms with Crippen molar-refractivity contribution in [1.82, 2.24) is 19.4 Å². The molecule has 6 rings (SSSR count). The van der Waals surface area contributed by atoms with Gasteiger partial charge in [-0.3, -0.25) is 4.79 Å². The van der Waals surface area contributed by atoms with E-state index in [-0.39, 0.29) is 47.7 Å². The van der Waals surface area contributed by atoms with Crippen molar-refractivity contribution in [2.45, 2.75) is 45.4 Å². The van der Waals surface area contributed by atoms with E-state index in [2.05, 4.69) is 11.6 Å². The summed E-state index contributed by atoms with van der Waals surface area (Å²) in [6, 6.07) is 21.4. The predicted molar refractivity (Wildman–Crippen MR) is 170 cm³/mol. The number of aliphatic hydroxyl groups excluding tert-OH is 1. The number of nitrogens with zero attached hydrogens (tertiary/aromatic N) is 5. The van der Waals surface area contributed by atoms with E-state index in [1.54, 1.807) is 49.4 Å². The highest BCUT2D eigenvalue weighted by Gasteiger charge is 2.28. The zero-order chi connectivity index (χ0) is 32.4. The second kappa shape index (κ2) is 12.8. The highest BCUT2D eigenvalue weighted by molar-refractivity contribution is 5.80. The Morgan fingerprint density at radius 3 is 2.61 bits per heavy atom. The Balaban J connectivity index is 1.25. The van der Waals surface area contributed by atoms with Crippen LogP contribution in [0.2, 0.25) is 0 Å². The van der Waals surface area contributed by atoms with Gasteiger partial charge in [0.05, 0.1) is 28.4 Å². The van der Waals surface area contributed by atoms with Crippen molar-refractivity contribution in [3.8, 4) is 23.2 Å². The number of hydrogen-bond donors (Lipinski definition) is 1. The zero-order valence-electron chi connectivity index (χ0n) is 25.2. The van der Waals surface area contributed by atoms with Crippen LogP contribution in [0.4, 0.5) is 8.78 Å². The Morgan fingerprint density at radius 1 is 1.07 bits per heavy atom. The van der Waals surface area contributed by atoms with Crippen LogP contribution in [-0.4, -0.2) is 43.0 Å². The van der Waals surface area contributed by atoms with Gasteiger partial charge in [-0.05, 0) is 60.9 Å². The number of aromatic nitrogens is 3. The number of nitriles is 1. The topological polar surface area (TPSA) is 104 Å². The second-order valence-electron chi connectivity index (χ2n) is 11.3. The first-order chi connectivity index (χ1) is 22.2. The van der Waals surface area contributed by atoms with E-state index in [9.17, 15) is 14.3 Å². The van der Waals surface area contributed by atoms with Crippen molar-refractivity contribution < 1.29 is 23.4 Å². The fourth-order valence-electron chi connectivity index (χ4n) is 5.90. The van der Waals surface area contributed by atoms with Crippen molar-refractivity contribution in [2.75, 3.05) is 6.54 Å². The summed E-state index contributed by atoms with van der Waals surface area (Å²) in [5.74, 6) is -0.130. The summed E-state index contributed by atoms with van der Waals surface area (Å²) in [6.45, 7) is 6.33. The largest absolute Gasteiger partial charge is 0.508 e. The summed E-state index contributed by atoms with van der Waals surface area (Å²) in [5.41, 5.74) is 4.00. The molecule has 8 nitrogen and oxygen atoms in total. The average Bonchev–Trinajstić information content (AvgIpc) is 3.66. The van der Waals surface area contributed by atoms with E-state index < -0.39 is 11.6 Å². The van der Waals surface area contributed by atoms with Gasteiger partial charge in [-0.15, -0.1) is 0 Å². The van der Waals surface area contributed by atoms with E-state index in [4.69, 9.17) is 15.0 Å². The van der Waals surface area contributed by atoms with Crippen LogP contribution in [0.15, 0.2) is 79.4 Å². The molecule has 1 atom stereocenters. The first-order valence-corrected chi connectivity index (χ1v) is 14.9. The minimum atomic E-state index is -0.542. The number of amides is 1. The lowest BCUT2D eigenvalue weighted by Crippen LogP contribution is -2.36. The maximum atomic E-state index is 15.7. The van der Waals surface area contributed by atoms with Gasteiger partial charge in [0, 0.05) is 55.2 Å². The lowest BCUT2D eigenvalue weighted by atomic mass is 10.1. The van der Waals surface area contributed by atoms with E-state index in [0.717, 1.165) is 24.4 Å². The standard InChI is InChI=1S/C36H31F2N5O3/c1-22(44)25-12-13-33-34(17-25)43(20-29-5-4-14-42(29)23(2)45)35(40-33)18-26-10-11-27(16-31(26)38)32-6-3-7-36(41-32)46-21-28-9-8-24(19-39)15-30(28)37/h3,6-13,15-17,29,44H,1,4-5,14,18,20-21H2,2H3/t29-/m1/s1. The van der Waals surface area contributed by atoms with E-state index in [1.165, 1.54) is 18.2 Å². The summed E-state index contributed by atoms with van der Waals surface area (Å²) in [5, 5.41) is 19.0. The molecule has 1 aliphatic rings. The highest BCUT2D eigenvalue weighted by atomic mass is 19.1. The number of likely N-dealkylation sites (tertiary alicyclic amines) is 1. The highest BCUT2D eigenvalue weighted by Crippen LogP contribution is 2.28. The maximum Gasteiger partial charge on any atom is 0.219 e. The van der Waals surface area contributed by atoms with Gasteiger partial charge in [0.1, 0.15) is 29.8 Å². The molecule has 0 bridgehead atoms. The third-order valence-electron chi connectivity index (χ3n) is 8.31. The van der Waals surface area contributed by atoms with Gasteiger partial charge in [-0.1, -0.05) is 30.8 Å². The number of ether oxygens (including phenoxy) is 1. The quantitative estimate of drug-likeness (QED) is 0.179. The monoisotopic (exact) mass is 619 g/mol. The Kier molecular flexibility index (Phi) is 8.49. The molecule has 0 radical (unpaired) electrons. The van der Waals surface area contributed by atoms with Gasteiger partial charge >= 0.3 is 0 Å². The number of hydrogen-bond acceptors (Lipinski definition) is 6. The molecule has 0 saturated carbocycles. The van der Waals surface area contributed by atoms with Crippen LogP contribution in [0.5, 0.6) is 5.88 Å². The number of halogens is 2. The Labute approximate surface area is 264 Å². The number of carbonyl (C=O) groups is 1. The predicted octanol–water partition coefficient (Wildman–Crippen LogP) is 6.96. The first-order valence-electron chi connectivity index (χ1n) is 14.9. The number of rotatable bonds is 9. The molecule has 3 aromatic carbocycles. The number of imidazole rings is 1. The molecule has 1 N–H and O–H groups in total. The van der Waals surface area contributed by atoms with Crippen molar-refractivity contribution >= 4 is 22.7 Å². The van der Waals surface area contributed by atoms with Crippen LogP contribution in [0, 0.1) is 23.0 Å². The third kappa shape index (κ3) is 6.31. The molecule has 1 aliphatic heterocycles. The minimum Gasteiger partial charge on any atom is -0.508 e. The SMILES string of the molecule is C=C(O)c1ccc2nc(Cc3ccc(-c4cccc(OCc5ccc(C#N)cc5F)n4)cc3F)n(C[C@H]3CCCN3C(C)=O)c2c1. The van der Waals surface area contributed by atoms with Crippen LogP contribution in [0.3, 0.4) is 0 Å². The number of carbonyl (C=O) groups excluding carboxylic acids is 1. The summed E-state index contributed by atoms with van der Waals surface area (Å²) in [7, 11) is 0. The number of fused-ring (bicyclic) bond motifs is 1. The van der Waals surface area contributed by atoms with E-state index in [1.807, 2.05) is 21.6 Å². The fourth-order valence-corrected chi connectivity index (χ4v) is 5.90. The molecular weight excluding hydrogens is 588 g/mol. The molecule has 5 aromatic rings. The molecule has 232 valence electrons. The van der Waals surface area contributed by atoms with Crippen LogP contribution < -0.4 is 4.74 Å². The summed E-state index contributed by atoms with van der Waals surface area (Å²) < 4.78 is 37.7. The Hall–Kier alpha value is -5.56. The molecule has 0 spiro atoms. The summed E-state index contributed by atoms with van der Waals surface area (Å²) in [6.07, 6.45) is 1.97. The van der Waals surface area contributed by atoms with Crippen molar-refractivity contribution in [1.29, 1.82) is 5.26 Å². The van der Waals surface area contributed by atoms with Gasteiger partial charge in [0.15, 0.2) is 0 Å². The zero-order valence-corrected chi connectivity index (χ0v) is 25.2. The van der Waals surface area contributed by atoms with E-state index >= 15 is 4.39 Å². The number of aliphatic hydroxyl groups is 1. The van der Waals surface area contributed by atoms with Crippen molar-refractivity contribution in [3.63, 3.8) is 0 Å². The molecule has 0 aliphatic carbocycles.